The van der Waals surface area contributed by atoms with Crippen LogP contribution in [0.3, 0.4) is 0 Å². The van der Waals surface area contributed by atoms with Gasteiger partial charge in [-0.3, -0.25) is 14.5 Å². The molecule has 7 heteroatoms. The van der Waals surface area contributed by atoms with Crippen LogP contribution in [0.5, 0.6) is 11.5 Å². The minimum absolute atomic E-state index is 0.221. The topological polar surface area (TPSA) is 55.8 Å². The Morgan fingerprint density at radius 2 is 1.88 bits per heavy atom. The van der Waals surface area contributed by atoms with Crippen molar-refractivity contribution in [1.82, 2.24) is 4.90 Å². The van der Waals surface area contributed by atoms with Gasteiger partial charge in [0.25, 0.3) is 11.1 Å². The minimum Gasteiger partial charge on any atom is -0.497 e. The zero-order chi connectivity index (χ0) is 16.9. The molecule has 0 saturated carbocycles. The highest BCUT2D eigenvalue weighted by Crippen LogP contribution is 2.32. The molecule has 1 aliphatic rings. The number of carbonyl (C=O) groups excluding carboxylic acids is 2. The number of carbonyl (C=O) groups is 2. The molecule has 0 bridgehead atoms. The number of ether oxygens (including phenoxy) is 2. The second kappa shape index (κ2) is 7.55. The predicted molar refractivity (Wildman–Crippen MR) is 95.5 cm³/mol. The van der Waals surface area contributed by atoms with E-state index < -0.39 is 0 Å². The molecule has 1 fully saturated rings. The van der Waals surface area contributed by atoms with E-state index in [4.69, 9.17) is 9.47 Å². The predicted octanol–water partition coefficient (Wildman–Crippen LogP) is 3.87. The molecular formula is C17H15NO4S2. The van der Waals surface area contributed by atoms with Crippen molar-refractivity contribution < 1.29 is 19.1 Å². The first-order valence-corrected chi connectivity index (χ1v) is 8.93. The molecule has 1 aromatic heterocycles. The van der Waals surface area contributed by atoms with Gasteiger partial charge < -0.3 is 9.47 Å². The molecule has 2 aromatic rings. The van der Waals surface area contributed by atoms with Crippen molar-refractivity contribution in [2.24, 2.45) is 0 Å². The average molecular weight is 361 g/mol. The fraction of sp³-hybridized carbons (Fsp3) is 0.176. The maximum Gasteiger partial charge on any atom is 0.293 e. The van der Waals surface area contributed by atoms with Crippen molar-refractivity contribution in [3.63, 3.8) is 0 Å². The Labute approximate surface area is 147 Å². The molecule has 2 amide bonds. The molecule has 5 nitrogen and oxygen atoms in total. The van der Waals surface area contributed by atoms with Gasteiger partial charge in [0, 0.05) is 4.88 Å². The summed E-state index contributed by atoms with van der Waals surface area (Å²) < 4.78 is 10.7. The molecular weight excluding hydrogens is 346 g/mol. The number of imide groups is 1. The molecule has 124 valence electrons. The van der Waals surface area contributed by atoms with Crippen LogP contribution in [0.15, 0.2) is 46.7 Å². The maximum atomic E-state index is 12.3. The number of benzene rings is 1. The van der Waals surface area contributed by atoms with Gasteiger partial charge in [0.1, 0.15) is 18.1 Å². The Morgan fingerprint density at radius 3 is 2.54 bits per heavy atom. The third kappa shape index (κ3) is 3.80. The lowest BCUT2D eigenvalue weighted by Crippen LogP contribution is -2.32. The van der Waals surface area contributed by atoms with E-state index in [1.165, 1.54) is 16.2 Å². The number of nitrogens with zero attached hydrogens (tertiary/aromatic N) is 1. The summed E-state index contributed by atoms with van der Waals surface area (Å²) in [6, 6.07) is 11.0. The maximum absolute atomic E-state index is 12.3. The highest BCUT2D eigenvalue weighted by atomic mass is 32.2. The van der Waals surface area contributed by atoms with E-state index in [0.29, 0.717) is 10.7 Å². The van der Waals surface area contributed by atoms with Gasteiger partial charge in [0.05, 0.1) is 18.6 Å². The van der Waals surface area contributed by atoms with E-state index in [0.717, 1.165) is 22.4 Å². The molecule has 1 aromatic carbocycles. The lowest BCUT2D eigenvalue weighted by Gasteiger charge is -2.13. The SMILES string of the molecule is COc1ccc(OCCN2C(=O)S/C(=C\c3cccs3)C2=O)cc1. The van der Waals surface area contributed by atoms with Crippen LogP contribution in [-0.4, -0.2) is 36.3 Å². The Hall–Kier alpha value is -2.25. The van der Waals surface area contributed by atoms with Crippen LogP contribution >= 0.6 is 23.1 Å². The second-order valence-electron chi connectivity index (χ2n) is 4.87. The van der Waals surface area contributed by atoms with E-state index in [1.807, 2.05) is 17.5 Å². The molecule has 0 radical (unpaired) electrons. The molecule has 3 rings (SSSR count). The zero-order valence-corrected chi connectivity index (χ0v) is 14.6. The zero-order valence-electron chi connectivity index (χ0n) is 12.9. The second-order valence-corrected chi connectivity index (χ2v) is 6.85. The quantitative estimate of drug-likeness (QED) is 0.731. The minimum atomic E-state index is -0.267. The number of thioether (sulfide) groups is 1. The fourth-order valence-electron chi connectivity index (χ4n) is 2.12. The van der Waals surface area contributed by atoms with Gasteiger partial charge in [-0.25, -0.2) is 0 Å². The van der Waals surface area contributed by atoms with Crippen molar-refractivity contribution in [3.8, 4) is 11.5 Å². The summed E-state index contributed by atoms with van der Waals surface area (Å²) >= 11 is 2.49. The lowest BCUT2D eigenvalue weighted by atomic mass is 10.3. The third-order valence-corrected chi connectivity index (χ3v) is 5.06. The van der Waals surface area contributed by atoms with E-state index in [2.05, 4.69) is 0 Å². The third-order valence-electron chi connectivity index (χ3n) is 3.33. The summed E-state index contributed by atoms with van der Waals surface area (Å²) in [6.07, 6.45) is 1.75. The van der Waals surface area contributed by atoms with Gasteiger partial charge >= 0.3 is 0 Å². The number of hydrogen-bond acceptors (Lipinski definition) is 6. The van der Waals surface area contributed by atoms with Gasteiger partial charge in [-0.2, -0.15) is 0 Å². The van der Waals surface area contributed by atoms with Crippen molar-refractivity contribution in [2.75, 3.05) is 20.3 Å². The van der Waals surface area contributed by atoms with Crippen LogP contribution in [0.4, 0.5) is 4.79 Å². The molecule has 0 N–H and O–H groups in total. The number of hydrogen-bond donors (Lipinski definition) is 0. The smallest absolute Gasteiger partial charge is 0.293 e. The van der Waals surface area contributed by atoms with Crippen molar-refractivity contribution in [2.45, 2.75) is 0 Å². The van der Waals surface area contributed by atoms with Crippen LogP contribution in [0.25, 0.3) is 6.08 Å². The van der Waals surface area contributed by atoms with Gasteiger partial charge in [-0.1, -0.05) is 6.07 Å². The van der Waals surface area contributed by atoms with Crippen molar-refractivity contribution in [1.29, 1.82) is 0 Å². The Bertz CT molecular complexity index is 753. The largest absolute Gasteiger partial charge is 0.497 e. The molecule has 1 saturated heterocycles. The summed E-state index contributed by atoms with van der Waals surface area (Å²) in [5.41, 5.74) is 0. The number of thiophene rings is 1. The monoisotopic (exact) mass is 361 g/mol. The molecule has 0 aliphatic carbocycles. The van der Waals surface area contributed by atoms with Crippen molar-refractivity contribution in [3.05, 3.63) is 51.6 Å². The van der Waals surface area contributed by atoms with E-state index in [-0.39, 0.29) is 24.3 Å². The molecule has 2 heterocycles. The highest BCUT2D eigenvalue weighted by molar-refractivity contribution is 8.18. The first-order valence-electron chi connectivity index (χ1n) is 7.23. The van der Waals surface area contributed by atoms with Gasteiger partial charge in [-0.05, 0) is 53.5 Å². The van der Waals surface area contributed by atoms with E-state index >= 15 is 0 Å². The van der Waals surface area contributed by atoms with Crippen LogP contribution < -0.4 is 9.47 Å². The standard InChI is InChI=1S/C17H15NO4S2/c1-21-12-4-6-13(7-5-12)22-9-8-18-16(19)15(24-17(18)20)11-14-3-2-10-23-14/h2-7,10-11H,8-9H2,1H3/b15-11-. The summed E-state index contributed by atoms with van der Waals surface area (Å²) in [5, 5.41) is 1.67. The van der Waals surface area contributed by atoms with Crippen LogP contribution in [0.1, 0.15) is 4.88 Å². The van der Waals surface area contributed by atoms with E-state index in [9.17, 15) is 9.59 Å². The van der Waals surface area contributed by atoms with Gasteiger partial charge in [0.2, 0.25) is 0 Å². The number of rotatable bonds is 6. The summed E-state index contributed by atoms with van der Waals surface area (Å²) in [5.74, 6) is 1.14. The lowest BCUT2D eigenvalue weighted by molar-refractivity contribution is -0.123. The van der Waals surface area contributed by atoms with Gasteiger partial charge in [0.15, 0.2) is 0 Å². The van der Waals surface area contributed by atoms with Crippen LogP contribution in [-0.2, 0) is 4.79 Å². The molecule has 0 spiro atoms. The number of amides is 2. The fourth-order valence-corrected chi connectivity index (χ4v) is 3.71. The summed E-state index contributed by atoms with van der Waals surface area (Å²) in [7, 11) is 1.60. The van der Waals surface area contributed by atoms with Crippen molar-refractivity contribution >= 4 is 40.3 Å². The molecule has 0 atom stereocenters. The summed E-state index contributed by atoms with van der Waals surface area (Å²) in [6.45, 7) is 0.467. The normalized spacial score (nSPS) is 16.0. The van der Waals surface area contributed by atoms with Gasteiger partial charge in [-0.15, -0.1) is 11.3 Å². The Morgan fingerprint density at radius 1 is 1.12 bits per heavy atom. The number of methoxy groups -OCH3 is 1. The highest BCUT2D eigenvalue weighted by Gasteiger charge is 2.34. The Balaban J connectivity index is 1.57. The van der Waals surface area contributed by atoms with Crippen LogP contribution in [0.2, 0.25) is 0 Å². The first kappa shape index (κ1) is 16.6. The van der Waals surface area contributed by atoms with E-state index in [1.54, 1.807) is 37.5 Å². The molecule has 0 unspecified atom stereocenters. The first-order chi connectivity index (χ1) is 11.7. The summed E-state index contributed by atoms with van der Waals surface area (Å²) in [4.78, 5) is 26.9. The Kier molecular flexibility index (Phi) is 5.22. The molecule has 24 heavy (non-hydrogen) atoms. The molecule has 1 aliphatic heterocycles. The van der Waals surface area contributed by atoms with Crippen LogP contribution in [0, 0.1) is 0 Å². The average Bonchev–Trinajstić information content (AvgIpc) is 3.19.